The zero-order chi connectivity index (χ0) is 24.0. The van der Waals surface area contributed by atoms with Crippen LogP contribution in [0.2, 0.25) is 0 Å². The van der Waals surface area contributed by atoms with Gasteiger partial charge in [0.1, 0.15) is 17.8 Å². The van der Waals surface area contributed by atoms with Crippen molar-refractivity contribution in [1.29, 1.82) is 0 Å². The van der Waals surface area contributed by atoms with Gasteiger partial charge < -0.3 is 10.3 Å². The molecule has 0 bridgehead atoms. The van der Waals surface area contributed by atoms with Crippen molar-refractivity contribution in [2.75, 3.05) is 5.32 Å². The summed E-state index contributed by atoms with van der Waals surface area (Å²) in [5.74, 6) is -2.01. The van der Waals surface area contributed by atoms with E-state index in [1.54, 1.807) is 24.4 Å². The van der Waals surface area contributed by atoms with E-state index >= 15 is 0 Å². The van der Waals surface area contributed by atoms with Crippen molar-refractivity contribution in [3.63, 3.8) is 0 Å². The Bertz CT molecular complexity index is 1570. The van der Waals surface area contributed by atoms with Crippen molar-refractivity contribution in [3.05, 3.63) is 89.6 Å². The molecule has 2 heterocycles. The van der Waals surface area contributed by atoms with Crippen LogP contribution in [0.1, 0.15) is 21.5 Å². The Morgan fingerprint density at radius 2 is 1.82 bits per heavy atom. The number of anilines is 1. The van der Waals surface area contributed by atoms with Gasteiger partial charge in [0.05, 0.1) is 11.1 Å². The highest BCUT2D eigenvalue weighted by Crippen LogP contribution is 2.33. The summed E-state index contributed by atoms with van der Waals surface area (Å²) in [5, 5.41) is 4.35. The van der Waals surface area contributed by atoms with Crippen molar-refractivity contribution in [3.8, 4) is 11.1 Å². The Labute approximate surface area is 190 Å². The molecule has 170 valence electrons. The van der Waals surface area contributed by atoms with E-state index in [9.17, 15) is 22.4 Å². The molecule has 2 aromatic heterocycles. The fourth-order valence-electron chi connectivity index (χ4n) is 3.89. The maximum Gasteiger partial charge on any atom is 0.416 e. The molecule has 0 aliphatic heterocycles. The van der Waals surface area contributed by atoms with Gasteiger partial charge in [-0.15, -0.1) is 0 Å². The van der Waals surface area contributed by atoms with Crippen LogP contribution >= 0.6 is 0 Å². The third kappa shape index (κ3) is 3.85. The van der Waals surface area contributed by atoms with Gasteiger partial charge in [0, 0.05) is 28.2 Å². The van der Waals surface area contributed by atoms with Crippen LogP contribution < -0.4 is 5.32 Å². The van der Waals surface area contributed by atoms with E-state index in [4.69, 9.17) is 0 Å². The van der Waals surface area contributed by atoms with Gasteiger partial charge in [-0.3, -0.25) is 4.79 Å². The molecule has 0 saturated carbocycles. The molecule has 0 atom stereocenters. The second kappa shape index (κ2) is 7.95. The summed E-state index contributed by atoms with van der Waals surface area (Å²) < 4.78 is 53.1. The van der Waals surface area contributed by atoms with Crippen LogP contribution in [0.4, 0.5) is 23.2 Å². The van der Waals surface area contributed by atoms with Crippen LogP contribution in [-0.2, 0) is 6.18 Å². The number of H-pyrrole nitrogens is 1. The van der Waals surface area contributed by atoms with E-state index in [0.29, 0.717) is 29.5 Å². The molecular formula is C25H16F4N4O. The molecule has 9 heteroatoms. The number of benzene rings is 3. The van der Waals surface area contributed by atoms with Crippen molar-refractivity contribution >= 4 is 33.5 Å². The Balaban J connectivity index is 1.49. The lowest BCUT2D eigenvalue weighted by Crippen LogP contribution is -2.16. The average molecular weight is 464 g/mol. The van der Waals surface area contributed by atoms with Gasteiger partial charge in [-0.25, -0.2) is 14.4 Å². The summed E-state index contributed by atoms with van der Waals surface area (Å²) in [6.45, 7) is 1.90. The number of nitrogens with zero attached hydrogens (tertiary/aromatic N) is 2. The standard InChI is InChI=1S/C25H16F4N4O/c1-13-2-5-16(32-24(34)19-9-15(25(27,28)29)4-7-21(19)26)10-18(13)14-3-6-17-20-11-30-12-31-23(20)33-22(17)8-14/h2-12H,1H3,(H,32,34)(H,30,31,33). The highest BCUT2D eigenvalue weighted by molar-refractivity contribution is 6.07. The SMILES string of the molecule is Cc1ccc(NC(=O)c2cc(C(F)(F)F)ccc2F)cc1-c1ccc2c(c1)[nH]c1ncncc12. The van der Waals surface area contributed by atoms with Gasteiger partial charge in [-0.2, -0.15) is 13.2 Å². The number of carbonyl (C=O) groups is 1. The van der Waals surface area contributed by atoms with E-state index in [1.807, 2.05) is 25.1 Å². The van der Waals surface area contributed by atoms with Crippen LogP contribution in [-0.4, -0.2) is 20.9 Å². The normalized spacial score (nSPS) is 11.8. The summed E-state index contributed by atoms with van der Waals surface area (Å²) >= 11 is 0. The number of aromatic nitrogens is 3. The predicted molar refractivity (Wildman–Crippen MR) is 121 cm³/mol. The number of carbonyl (C=O) groups excluding carboxylic acids is 1. The fourth-order valence-corrected chi connectivity index (χ4v) is 3.89. The molecule has 0 aliphatic carbocycles. The molecule has 0 unspecified atom stereocenters. The van der Waals surface area contributed by atoms with Gasteiger partial charge in [-0.05, 0) is 60.0 Å². The molecule has 0 aliphatic rings. The van der Waals surface area contributed by atoms with Crippen LogP contribution in [0.3, 0.4) is 0 Å². The molecule has 0 fully saturated rings. The van der Waals surface area contributed by atoms with Crippen molar-refractivity contribution in [2.24, 2.45) is 0 Å². The quantitative estimate of drug-likeness (QED) is 0.300. The Kier molecular flexibility index (Phi) is 5.04. The van der Waals surface area contributed by atoms with Gasteiger partial charge in [0.2, 0.25) is 0 Å². The Morgan fingerprint density at radius 3 is 2.62 bits per heavy atom. The average Bonchev–Trinajstić information content (AvgIpc) is 3.17. The first kappa shape index (κ1) is 21.6. The highest BCUT2D eigenvalue weighted by Gasteiger charge is 2.32. The van der Waals surface area contributed by atoms with E-state index in [2.05, 4.69) is 20.3 Å². The third-order valence-electron chi connectivity index (χ3n) is 5.62. The number of aryl methyl sites for hydroxylation is 1. The smallest absolute Gasteiger partial charge is 0.339 e. The number of alkyl halides is 3. The molecular weight excluding hydrogens is 448 g/mol. The molecule has 5 rings (SSSR count). The van der Waals surface area contributed by atoms with Crippen molar-refractivity contribution in [2.45, 2.75) is 13.1 Å². The number of nitrogens with one attached hydrogen (secondary N) is 2. The largest absolute Gasteiger partial charge is 0.416 e. The summed E-state index contributed by atoms with van der Waals surface area (Å²) in [7, 11) is 0. The molecule has 2 N–H and O–H groups in total. The van der Waals surface area contributed by atoms with Gasteiger partial charge in [-0.1, -0.05) is 18.2 Å². The van der Waals surface area contributed by atoms with Crippen LogP contribution in [0.25, 0.3) is 33.1 Å². The van der Waals surface area contributed by atoms with Gasteiger partial charge in [0.15, 0.2) is 0 Å². The summed E-state index contributed by atoms with van der Waals surface area (Å²) in [4.78, 5) is 24.1. The highest BCUT2D eigenvalue weighted by atomic mass is 19.4. The first-order valence-corrected chi connectivity index (χ1v) is 10.2. The third-order valence-corrected chi connectivity index (χ3v) is 5.62. The molecule has 0 saturated heterocycles. The number of fused-ring (bicyclic) bond motifs is 3. The summed E-state index contributed by atoms with van der Waals surface area (Å²) in [5.41, 5.74) is 2.68. The van der Waals surface area contributed by atoms with E-state index in [1.165, 1.54) is 6.33 Å². The minimum absolute atomic E-state index is 0.324. The van der Waals surface area contributed by atoms with Crippen LogP contribution in [0.15, 0.2) is 67.1 Å². The summed E-state index contributed by atoms with van der Waals surface area (Å²) in [6, 6.07) is 12.6. The first-order chi connectivity index (χ1) is 16.2. The Morgan fingerprint density at radius 1 is 1.00 bits per heavy atom. The minimum Gasteiger partial charge on any atom is -0.339 e. The van der Waals surface area contributed by atoms with E-state index < -0.39 is 29.0 Å². The van der Waals surface area contributed by atoms with Crippen molar-refractivity contribution in [1.82, 2.24) is 15.0 Å². The lowest BCUT2D eigenvalue weighted by molar-refractivity contribution is -0.137. The number of hydrogen-bond acceptors (Lipinski definition) is 3. The summed E-state index contributed by atoms with van der Waals surface area (Å²) in [6.07, 6.45) is -1.50. The van der Waals surface area contributed by atoms with Crippen molar-refractivity contribution < 1.29 is 22.4 Å². The van der Waals surface area contributed by atoms with Gasteiger partial charge in [0.25, 0.3) is 5.91 Å². The molecule has 34 heavy (non-hydrogen) atoms. The lowest BCUT2D eigenvalue weighted by atomic mass is 9.98. The van der Waals surface area contributed by atoms with E-state index in [-0.39, 0.29) is 0 Å². The molecule has 1 amide bonds. The fraction of sp³-hybridized carbons (Fsp3) is 0.0800. The maximum atomic E-state index is 14.1. The molecule has 3 aromatic carbocycles. The zero-order valence-corrected chi connectivity index (χ0v) is 17.7. The number of halogens is 4. The van der Waals surface area contributed by atoms with E-state index in [0.717, 1.165) is 33.0 Å². The molecule has 5 aromatic rings. The van der Waals surface area contributed by atoms with Crippen LogP contribution in [0, 0.1) is 12.7 Å². The topological polar surface area (TPSA) is 70.7 Å². The molecule has 0 spiro atoms. The molecule has 5 nitrogen and oxygen atoms in total. The number of amides is 1. The predicted octanol–water partition coefficient (Wildman–Crippen LogP) is 6.50. The first-order valence-electron chi connectivity index (χ1n) is 10.2. The number of aromatic amines is 1. The van der Waals surface area contributed by atoms with Gasteiger partial charge >= 0.3 is 6.18 Å². The Hall–Kier alpha value is -4.27. The second-order valence-corrected chi connectivity index (χ2v) is 7.85. The maximum absolute atomic E-state index is 14.1. The lowest BCUT2D eigenvalue weighted by Gasteiger charge is -2.12. The second-order valence-electron chi connectivity index (χ2n) is 7.85. The van der Waals surface area contributed by atoms with Crippen LogP contribution in [0.5, 0.6) is 0 Å². The minimum atomic E-state index is -4.69. The number of hydrogen-bond donors (Lipinski definition) is 2. The number of rotatable bonds is 3. The zero-order valence-electron chi connectivity index (χ0n) is 17.7. The monoisotopic (exact) mass is 464 g/mol. The molecule has 0 radical (unpaired) electrons.